The average molecular weight is 283 g/mol. The lowest BCUT2D eigenvalue weighted by Crippen LogP contribution is -2.42. The van der Waals surface area contributed by atoms with E-state index in [9.17, 15) is 5.11 Å². The van der Waals surface area contributed by atoms with Crippen LogP contribution in [0.25, 0.3) is 0 Å². The molecule has 0 amide bonds. The van der Waals surface area contributed by atoms with Gasteiger partial charge in [0.1, 0.15) is 5.75 Å². The highest BCUT2D eigenvalue weighted by molar-refractivity contribution is 6.32. The molecule has 0 unspecified atom stereocenters. The Morgan fingerprint density at radius 2 is 2.11 bits per heavy atom. The summed E-state index contributed by atoms with van der Waals surface area (Å²) in [5.74, 6) is 0.151. The fourth-order valence-corrected chi connectivity index (χ4v) is 2.80. The van der Waals surface area contributed by atoms with Gasteiger partial charge in [-0.15, -0.1) is 0 Å². The quantitative estimate of drug-likeness (QED) is 0.871. The van der Waals surface area contributed by atoms with Crippen LogP contribution < -0.4 is 5.32 Å². The minimum absolute atomic E-state index is 0.151. The van der Waals surface area contributed by atoms with Crippen LogP contribution in [0.15, 0.2) is 18.2 Å². The number of hydrogen-bond acceptors (Lipinski definition) is 3. The van der Waals surface area contributed by atoms with Crippen LogP contribution in [0.3, 0.4) is 0 Å². The number of phenols is 1. The van der Waals surface area contributed by atoms with E-state index in [1.54, 1.807) is 6.07 Å². The first-order valence-electron chi connectivity index (χ1n) is 7.12. The molecule has 106 valence electrons. The van der Waals surface area contributed by atoms with Gasteiger partial charge in [-0.05, 0) is 56.6 Å². The second-order valence-corrected chi connectivity index (χ2v) is 5.69. The number of nitrogens with zero attached hydrogens (tertiary/aromatic N) is 1. The Kier molecular flexibility index (Phi) is 5.49. The van der Waals surface area contributed by atoms with E-state index in [1.165, 1.54) is 38.9 Å². The molecule has 1 fully saturated rings. The summed E-state index contributed by atoms with van der Waals surface area (Å²) in [5, 5.41) is 13.4. The van der Waals surface area contributed by atoms with Crippen LogP contribution >= 0.6 is 11.6 Å². The number of rotatable bonds is 5. The van der Waals surface area contributed by atoms with Gasteiger partial charge in [0.15, 0.2) is 0 Å². The van der Waals surface area contributed by atoms with Crippen molar-refractivity contribution in [2.75, 3.05) is 19.6 Å². The summed E-state index contributed by atoms with van der Waals surface area (Å²) in [6.07, 6.45) is 3.67. The molecule has 1 heterocycles. The molecule has 19 heavy (non-hydrogen) atoms. The summed E-state index contributed by atoms with van der Waals surface area (Å²) in [6.45, 7) is 6.67. The van der Waals surface area contributed by atoms with Crippen molar-refractivity contribution in [2.24, 2.45) is 0 Å². The lowest BCUT2D eigenvalue weighted by Gasteiger charge is -2.32. The van der Waals surface area contributed by atoms with E-state index in [0.29, 0.717) is 11.1 Å². The summed E-state index contributed by atoms with van der Waals surface area (Å²) in [5.41, 5.74) is 1.12. The van der Waals surface area contributed by atoms with E-state index in [-0.39, 0.29) is 5.75 Å². The maximum Gasteiger partial charge on any atom is 0.134 e. The number of likely N-dealkylation sites (tertiary alicyclic amines) is 1. The second kappa shape index (κ2) is 7.13. The third-order valence-electron chi connectivity index (χ3n) is 3.73. The molecule has 1 aromatic rings. The van der Waals surface area contributed by atoms with E-state index in [1.807, 2.05) is 12.1 Å². The Morgan fingerprint density at radius 1 is 1.37 bits per heavy atom. The van der Waals surface area contributed by atoms with Gasteiger partial charge in [-0.2, -0.15) is 0 Å². The van der Waals surface area contributed by atoms with Gasteiger partial charge < -0.3 is 15.3 Å². The first-order chi connectivity index (χ1) is 9.19. The highest BCUT2D eigenvalue weighted by Crippen LogP contribution is 2.23. The van der Waals surface area contributed by atoms with Gasteiger partial charge in [-0.1, -0.05) is 24.6 Å². The SMILES string of the molecule is CCCN1CCC(NCc2ccc(O)c(Cl)c2)CC1. The van der Waals surface area contributed by atoms with Crippen molar-refractivity contribution in [1.29, 1.82) is 0 Å². The van der Waals surface area contributed by atoms with Crippen molar-refractivity contribution in [2.45, 2.75) is 38.8 Å². The number of piperidine rings is 1. The molecule has 4 heteroatoms. The number of nitrogens with one attached hydrogen (secondary N) is 1. The van der Waals surface area contributed by atoms with Crippen LogP contribution in [0.4, 0.5) is 0 Å². The minimum Gasteiger partial charge on any atom is -0.506 e. The van der Waals surface area contributed by atoms with E-state index in [2.05, 4.69) is 17.1 Å². The molecule has 0 saturated carbocycles. The second-order valence-electron chi connectivity index (χ2n) is 5.28. The molecule has 2 N–H and O–H groups in total. The zero-order valence-corrected chi connectivity index (χ0v) is 12.3. The van der Waals surface area contributed by atoms with Crippen molar-refractivity contribution < 1.29 is 5.11 Å². The molecule has 2 rings (SSSR count). The summed E-state index contributed by atoms with van der Waals surface area (Å²) < 4.78 is 0. The van der Waals surface area contributed by atoms with Crippen LogP contribution in [0.2, 0.25) is 5.02 Å². The van der Waals surface area contributed by atoms with E-state index in [0.717, 1.165) is 12.1 Å². The Hall–Kier alpha value is -0.770. The molecule has 3 nitrogen and oxygen atoms in total. The molecule has 1 saturated heterocycles. The number of phenolic OH excluding ortho intramolecular Hbond substituents is 1. The van der Waals surface area contributed by atoms with E-state index < -0.39 is 0 Å². The standard InChI is InChI=1S/C15H23ClN2O/c1-2-7-18-8-5-13(6-9-18)17-11-12-3-4-15(19)14(16)10-12/h3-4,10,13,17,19H,2,5-9,11H2,1H3. The first kappa shape index (κ1) is 14.6. The van der Waals surface area contributed by atoms with Crippen molar-refractivity contribution in [3.63, 3.8) is 0 Å². The zero-order valence-electron chi connectivity index (χ0n) is 11.5. The Labute approximate surface area is 120 Å². The minimum atomic E-state index is 0.151. The molecular formula is C15H23ClN2O. The smallest absolute Gasteiger partial charge is 0.134 e. The van der Waals surface area contributed by atoms with Gasteiger partial charge in [0.05, 0.1) is 5.02 Å². The Bertz CT molecular complexity index is 403. The topological polar surface area (TPSA) is 35.5 Å². The van der Waals surface area contributed by atoms with Gasteiger partial charge in [0.2, 0.25) is 0 Å². The van der Waals surface area contributed by atoms with E-state index >= 15 is 0 Å². The molecule has 0 radical (unpaired) electrons. The maximum absolute atomic E-state index is 9.38. The van der Waals surface area contributed by atoms with Gasteiger partial charge in [-0.3, -0.25) is 0 Å². The van der Waals surface area contributed by atoms with Crippen LogP contribution in [0.5, 0.6) is 5.75 Å². The summed E-state index contributed by atoms with van der Waals surface area (Å²) >= 11 is 5.90. The van der Waals surface area contributed by atoms with Gasteiger partial charge in [0, 0.05) is 12.6 Å². The van der Waals surface area contributed by atoms with Crippen molar-refractivity contribution in [3.8, 4) is 5.75 Å². The lowest BCUT2D eigenvalue weighted by atomic mass is 10.0. The lowest BCUT2D eigenvalue weighted by molar-refractivity contribution is 0.197. The molecule has 0 aliphatic carbocycles. The number of halogens is 1. The molecule has 0 aromatic heterocycles. The molecule has 0 bridgehead atoms. The van der Waals surface area contributed by atoms with Crippen molar-refractivity contribution in [3.05, 3.63) is 28.8 Å². The van der Waals surface area contributed by atoms with Crippen LogP contribution in [-0.4, -0.2) is 35.7 Å². The molecule has 1 aromatic carbocycles. The average Bonchev–Trinajstić information content (AvgIpc) is 2.42. The Morgan fingerprint density at radius 3 is 2.74 bits per heavy atom. The number of hydrogen-bond donors (Lipinski definition) is 2. The van der Waals surface area contributed by atoms with Crippen molar-refractivity contribution >= 4 is 11.6 Å². The predicted molar refractivity (Wildman–Crippen MR) is 79.7 cm³/mol. The molecule has 1 aliphatic rings. The monoisotopic (exact) mass is 282 g/mol. The molecule has 0 atom stereocenters. The Balaban J connectivity index is 1.75. The fourth-order valence-electron chi connectivity index (χ4n) is 2.60. The van der Waals surface area contributed by atoms with Crippen LogP contribution in [0, 0.1) is 0 Å². The third-order valence-corrected chi connectivity index (χ3v) is 4.04. The highest BCUT2D eigenvalue weighted by Gasteiger charge is 2.17. The maximum atomic E-state index is 9.38. The summed E-state index contributed by atoms with van der Waals surface area (Å²) in [7, 11) is 0. The molecule has 0 spiro atoms. The van der Waals surface area contributed by atoms with Gasteiger partial charge in [-0.25, -0.2) is 0 Å². The van der Waals surface area contributed by atoms with Crippen LogP contribution in [0.1, 0.15) is 31.7 Å². The number of benzene rings is 1. The van der Waals surface area contributed by atoms with Crippen LogP contribution in [-0.2, 0) is 6.54 Å². The van der Waals surface area contributed by atoms with Gasteiger partial charge in [0.25, 0.3) is 0 Å². The normalized spacial score (nSPS) is 17.8. The van der Waals surface area contributed by atoms with E-state index in [4.69, 9.17) is 11.6 Å². The van der Waals surface area contributed by atoms with Crippen molar-refractivity contribution in [1.82, 2.24) is 10.2 Å². The first-order valence-corrected chi connectivity index (χ1v) is 7.50. The zero-order chi connectivity index (χ0) is 13.7. The molecule has 1 aliphatic heterocycles. The largest absolute Gasteiger partial charge is 0.506 e. The summed E-state index contributed by atoms with van der Waals surface area (Å²) in [6, 6.07) is 6.00. The highest BCUT2D eigenvalue weighted by atomic mass is 35.5. The summed E-state index contributed by atoms with van der Waals surface area (Å²) in [4.78, 5) is 2.54. The predicted octanol–water partition coefficient (Wildman–Crippen LogP) is 3.01. The van der Waals surface area contributed by atoms with Gasteiger partial charge >= 0.3 is 0 Å². The number of aromatic hydroxyl groups is 1. The third kappa shape index (κ3) is 4.37. The molecular weight excluding hydrogens is 260 g/mol. The fraction of sp³-hybridized carbons (Fsp3) is 0.600.